The highest BCUT2D eigenvalue weighted by Crippen LogP contribution is 2.33. The SMILES string of the molecule is CCCCOC(=O)Oc1ccc2ccc(OCCCCN3CCN(c4cccc(Cl)c4Cl)CC3)cc2n1. The maximum absolute atomic E-state index is 11.8. The third-order valence-corrected chi connectivity index (χ3v) is 7.13. The predicted molar refractivity (Wildman–Crippen MR) is 148 cm³/mol. The van der Waals surface area contributed by atoms with E-state index in [-0.39, 0.29) is 5.88 Å². The van der Waals surface area contributed by atoms with Crippen molar-refractivity contribution in [3.8, 4) is 11.6 Å². The molecule has 37 heavy (non-hydrogen) atoms. The number of aromatic nitrogens is 1. The largest absolute Gasteiger partial charge is 0.515 e. The molecular weight excluding hydrogens is 513 g/mol. The van der Waals surface area contributed by atoms with E-state index in [1.165, 1.54) is 0 Å². The summed E-state index contributed by atoms with van der Waals surface area (Å²) in [6, 6.07) is 15.1. The van der Waals surface area contributed by atoms with Crippen LogP contribution in [0.3, 0.4) is 0 Å². The van der Waals surface area contributed by atoms with Crippen molar-refractivity contribution in [3.63, 3.8) is 0 Å². The summed E-state index contributed by atoms with van der Waals surface area (Å²) in [4.78, 5) is 21.0. The summed E-state index contributed by atoms with van der Waals surface area (Å²) >= 11 is 12.6. The average molecular weight is 546 g/mol. The van der Waals surface area contributed by atoms with Gasteiger partial charge in [-0.2, -0.15) is 0 Å². The van der Waals surface area contributed by atoms with Crippen molar-refractivity contribution < 1.29 is 19.0 Å². The molecule has 0 atom stereocenters. The summed E-state index contributed by atoms with van der Waals surface area (Å²) < 4.78 is 16.2. The fourth-order valence-corrected chi connectivity index (χ4v) is 4.63. The van der Waals surface area contributed by atoms with Crippen LogP contribution in [0, 0.1) is 0 Å². The average Bonchev–Trinajstić information content (AvgIpc) is 2.90. The Hall–Kier alpha value is -2.74. The van der Waals surface area contributed by atoms with Crippen LogP contribution in [0.5, 0.6) is 11.6 Å². The van der Waals surface area contributed by atoms with E-state index in [0.717, 1.165) is 75.2 Å². The second-order valence-corrected chi connectivity index (χ2v) is 9.80. The van der Waals surface area contributed by atoms with Gasteiger partial charge in [-0.05, 0) is 56.1 Å². The molecule has 1 aliphatic heterocycles. The maximum Gasteiger partial charge on any atom is 0.515 e. The Morgan fingerprint density at radius 2 is 1.78 bits per heavy atom. The number of hydrogen-bond acceptors (Lipinski definition) is 7. The topological polar surface area (TPSA) is 64.1 Å². The van der Waals surface area contributed by atoms with Crippen molar-refractivity contribution in [2.45, 2.75) is 32.6 Å². The first-order valence-corrected chi connectivity index (χ1v) is 13.6. The lowest BCUT2D eigenvalue weighted by Gasteiger charge is -2.36. The molecule has 9 heteroatoms. The van der Waals surface area contributed by atoms with E-state index < -0.39 is 6.16 Å². The van der Waals surface area contributed by atoms with E-state index in [4.69, 9.17) is 37.4 Å². The lowest BCUT2D eigenvalue weighted by Crippen LogP contribution is -2.46. The second kappa shape index (κ2) is 13.7. The molecule has 1 fully saturated rings. The smallest absolute Gasteiger partial charge is 0.494 e. The molecule has 0 bridgehead atoms. The lowest BCUT2D eigenvalue weighted by molar-refractivity contribution is 0.0964. The van der Waals surface area contributed by atoms with E-state index in [9.17, 15) is 4.79 Å². The minimum atomic E-state index is -0.734. The van der Waals surface area contributed by atoms with Crippen molar-refractivity contribution in [3.05, 3.63) is 58.6 Å². The molecule has 2 aromatic carbocycles. The highest BCUT2D eigenvalue weighted by Gasteiger charge is 2.19. The van der Waals surface area contributed by atoms with Gasteiger partial charge in [-0.3, -0.25) is 4.90 Å². The molecule has 0 N–H and O–H groups in total. The minimum absolute atomic E-state index is 0.212. The normalized spacial score (nSPS) is 14.1. The summed E-state index contributed by atoms with van der Waals surface area (Å²) in [6.07, 6.45) is 3.03. The number of halogens is 2. The Bertz CT molecular complexity index is 1190. The van der Waals surface area contributed by atoms with Crippen molar-refractivity contribution in [2.24, 2.45) is 0 Å². The molecule has 1 aromatic heterocycles. The van der Waals surface area contributed by atoms with Gasteiger partial charge in [0, 0.05) is 43.7 Å². The van der Waals surface area contributed by atoms with E-state index >= 15 is 0 Å². The summed E-state index contributed by atoms with van der Waals surface area (Å²) in [7, 11) is 0. The first kappa shape index (κ1) is 27.3. The quantitative estimate of drug-likeness (QED) is 0.193. The number of carbonyl (C=O) groups is 1. The van der Waals surface area contributed by atoms with Crippen LogP contribution < -0.4 is 14.4 Å². The summed E-state index contributed by atoms with van der Waals surface area (Å²) in [6.45, 7) is 7.90. The maximum atomic E-state index is 11.8. The highest BCUT2D eigenvalue weighted by atomic mass is 35.5. The molecule has 1 saturated heterocycles. The number of fused-ring (bicyclic) bond motifs is 1. The van der Waals surface area contributed by atoms with Crippen molar-refractivity contribution in [2.75, 3.05) is 50.8 Å². The zero-order valence-corrected chi connectivity index (χ0v) is 22.6. The van der Waals surface area contributed by atoms with Gasteiger partial charge in [-0.1, -0.05) is 42.6 Å². The molecule has 0 amide bonds. The lowest BCUT2D eigenvalue weighted by atomic mass is 10.2. The van der Waals surface area contributed by atoms with Crippen LogP contribution in [0.15, 0.2) is 48.5 Å². The van der Waals surface area contributed by atoms with Crippen LogP contribution in [0.1, 0.15) is 32.6 Å². The minimum Gasteiger partial charge on any atom is -0.494 e. The van der Waals surface area contributed by atoms with Gasteiger partial charge in [0.25, 0.3) is 0 Å². The molecule has 0 radical (unpaired) electrons. The molecule has 0 saturated carbocycles. The number of hydrogen-bond donors (Lipinski definition) is 0. The molecule has 2 heterocycles. The summed E-state index contributed by atoms with van der Waals surface area (Å²) in [5, 5.41) is 2.17. The number of rotatable bonds is 11. The fraction of sp³-hybridized carbons (Fsp3) is 0.429. The van der Waals surface area contributed by atoms with Crippen LogP contribution >= 0.6 is 23.2 Å². The molecule has 7 nitrogen and oxygen atoms in total. The Labute approximate surface area is 228 Å². The van der Waals surface area contributed by atoms with Gasteiger partial charge in [-0.15, -0.1) is 0 Å². The molecule has 0 aliphatic carbocycles. The number of unbranched alkanes of at least 4 members (excludes halogenated alkanes) is 2. The van der Waals surface area contributed by atoms with Gasteiger partial charge in [0.2, 0.25) is 5.88 Å². The second-order valence-electron chi connectivity index (χ2n) is 9.02. The standard InChI is InChI=1S/C28H33Cl2N3O4/c1-2-3-18-36-28(34)37-26-12-10-21-9-11-22(20-24(21)31-26)35-19-5-4-13-32-14-16-33(17-15-32)25-8-6-7-23(29)27(25)30/h6-12,20H,2-5,13-19H2,1H3. The van der Waals surface area contributed by atoms with Gasteiger partial charge >= 0.3 is 6.16 Å². The molecule has 3 aromatic rings. The predicted octanol–water partition coefficient (Wildman–Crippen LogP) is 6.84. The van der Waals surface area contributed by atoms with E-state index in [0.29, 0.717) is 28.8 Å². The molecule has 4 rings (SSSR count). The van der Waals surface area contributed by atoms with Crippen LogP contribution in [0.2, 0.25) is 10.0 Å². The third kappa shape index (κ3) is 7.87. The molecule has 0 spiro atoms. The number of benzene rings is 2. The van der Waals surface area contributed by atoms with Crippen LogP contribution in [0.4, 0.5) is 10.5 Å². The van der Waals surface area contributed by atoms with Crippen molar-refractivity contribution >= 4 is 45.9 Å². The van der Waals surface area contributed by atoms with E-state index in [1.54, 1.807) is 6.07 Å². The first-order chi connectivity index (χ1) is 18.0. The molecular formula is C28H33Cl2N3O4. The van der Waals surface area contributed by atoms with Crippen LogP contribution in [0.25, 0.3) is 10.9 Å². The van der Waals surface area contributed by atoms with Gasteiger partial charge in [0.15, 0.2) is 0 Å². The van der Waals surface area contributed by atoms with Crippen LogP contribution in [-0.4, -0.2) is 62.0 Å². The zero-order chi connectivity index (χ0) is 26.0. The monoisotopic (exact) mass is 545 g/mol. The first-order valence-electron chi connectivity index (χ1n) is 12.8. The highest BCUT2D eigenvalue weighted by molar-refractivity contribution is 6.43. The fourth-order valence-electron chi connectivity index (χ4n) is 4.22. The Morgan fingerprint density at radius 3 is 2.59 bits per heavy atom. The molecule has 198 valence electrons. The zero-order valence-electron chi connectivity index (χ0n) is 21.1. The number of piperazine rings is 1. The number of ether oxygens (including phenoxy) is 3. The van der Waals surface area contributed by atoms with Gasteiger partial charge < -0.3 is 19.1 Å². The summed E-state index contributed by atoms with van der Waals surface area (Å²) in [5.74, 6) is 0.957. The number of anilines is 1. The Kier molecular flexibility index (Phi) is 10.1. The number of carbonyl (C=O) groups excluding carboxylic acids is 1. The Balaban J connectivity index is 1.18. The number of pyridine rings is 1. The molecule has 1 aliphatic rings. The third-order valence-electron chi connectivity index (χ3n) is 6.33. The van der Waals surface area contributed by atoms with E-state index in [2.05, 4.69) is 14.8 Å². The van der Waals surface area contributed by atoms with Crippen LogP contribution in [-0.2, 0) is 4.74 Å². The van der Waals surface area contributed by atoms with Gasteiger partial charge in [0.1, 0.15) is 5.75 Å². The van der Waals surface area contributed by atoms with E-state index in [1.807, 2.05) is 49.4 Å². The van der Waals surface area contributed by atoms with Gasteiger partial charge in [0.05, 0.1) is 34.5 Å². The molecule has 0 unspecified atom stereocenters. The van der Waals surface area contributed by atoms with Crippen molar-refractivity contribution in [1.82, 2.24) is 9.88 Å². The summed E-state index contributed by atoms with van der Waals surface area (Å²) in [5.41, 5.74) is 1.71. The Morgan fingerprint density at radius 1 is 0.973 bits per heavy atom. The van der Waals surface area contributed by atoms with Gasteiger partial charge in [-0.25, -0.2) is 9.78 Å². The van der Waals surface area contributed by atoms with Crippen molar-refractivity contribution in [1.29, 1.82) is 0 Å². The number of nitrogens with zero attached hydrogens (tertiary/aromatic N) is 3.